The zero-order valence-corrected chi connectivity index (χ0v) is 15.6. The number of aromatic nitrogens is 1. The largest absolute Gasteiger partial charge is 0.595 e. The molecule has 0 saturated heterocycles. The van der Waals surface area contributed by atoms with Crippen molar-refractivity contribution >= 4 is 39.1 Å². The molecule has 0 aliphatic carbocycles. The van der Waals surface area contributed by atoms with Crippen LogP contribution in [0.2, 0.25) is 0 Å². The molecule has 1 atom stereocenters. The van der Waals surface area contributed by atoms with Gasteiger partial charge in [0, 0.05) is 24.4 Å². The summed E-state index contributed by atoms with van der Waals surface area (Å²) >= 11 is 0. The molecular formula is C20H23N3O5. The van der Waals surface area contributed by atoms with Crippen LogP contribution < -0.4 is 15.3 Å². The number of carboxylic acid groups (broad SMARTS) is 1. The lowest BCUT2D eigenvalue weighted by Crippen LogP contribution is -2.99. The van der Waals surface area contributed by atoms with E-state index in [0.717, 1.165) is 23.7 Å². The molecule has 0 radical (unpaired) electrons. The van der Waals surface area contributed by atoms with Gasteiger partial charge in [-0.05, 0) is 37.1 Å². The van der Waals surface area contributed by atoms with Crippen LogP contribution >= 0.6 is 0 Å². The minimum atomic E-state index is -1.01. The van der Waals surface area contributed by atoms with Gasteiger partial charge in [0.25, 0.3) is 0 Å². The van der Waals surface area contributed by atoms with Gasteiger partial charge >= 0.3 is 5.97 Å². The van der Waals surface area contributed by atoms with Crippen molar-refractivity contribution in [1.29, 1.82) is 0 Å². The monoisotopic (exact) mass is 385 g/mol. The Morgan fingerprint density at radius 3 is 2.75 bits per heavy atom. The highest BCUT2D eigenvalue weighted by Crippen LogP contribution is 2.35. The molecule has 1 unspecified atom stereocenters. The van der Waals surface area contributed by atoms with Gasteiger partial charge in [0.2, 0.25) is 0 Å². The number of nitrogens with one attached hydrogen (secondary N) is 2. The Kier molecular flexibility index (Phi) is 6.25. The van der Waals surface area contributed by atoms with Crippen LogP contribution in [0.5, 0.6) is 5.75 Å². The van der Waals surface area contributed by atoms with Crippen LogP contribution in [0.15, 0.2) is 36.4 Å². The van der Waals surface area contributed by atoms with Crippen LogP contribution in [0.4, 0.5) is 11.4 Å². The SMILES string of the molecule is COc1ccc2nc3cccc([NH+]([O-])O)c3c(NCCCCCC(=O)O)c2c1. The predicted octanol–water partition coefficient (Wildman–Crippen LogP) is 2.86. The van der Waals surface area contributed by atoms with E-state index in [-0.39, 0.29) is 12.1 Å². The topological polar surface area (TPSA) is 119 Å². The zero-order valence-electron chi connectivity index (χ0n) is 15.6. The number of methoxy groups -OCH3 is 1. The van der Waals surface area contributed by atoms with Gasteiger partial charge in [-0.1, -0.05) is 12.5 Å². The van der Waals surface area contributed by atoms with Crippen LogP contribution in [-0.2, 0) is 4.79 Å². The Bertz CT molecular complexity index is 990. The maximum absolute atomic E-state index is 11.8. The molecule has 0 aliphatic heterocycles. The number of carboxylic acids is 1. The Morgan fingerprint density at radius 2 is 2.04 bits per heavy atom. The maximum Gasteiger partial charge on any atom is 0.303 e. The molecule has 0 aliphatic rings. The van der Waals surface area contributed by atoms with E-state index in [9.17, 15) is 15.2 Å². The van der Waals surface area contributed by atoms with Gasteiger partial charge in [-0.2, -0.15) is 5.23 Å². The zero-order chi connectivity index (χ0) is 20.1. The van der Waals surface area contributed by atoms with Crippen molar-refractivity contribution in [3.8, 4) is 5.75 Å². The average Bonchev–Trinajstić information content (AvgIpc) is 2.68. The highest BCUT2D eigenvalue weighted by atomic mass is 16.8. The summed E-state index contributed by atoms with van der Waals surface area (Å²) in [6.07, 6.45) is 2.32. The van der Waals surface area contributed by atoms with E-state index in [1.54, 1.807) is 25.3 Å². The molecule has 0 saturated carbocycles. The van der Waals surface area contributed by atoms with E-state index in [1.807, 2.05) is 18.2 Å². The molecule has 3 aromatic rings. The van der Waals surface area contributed by atoms with Crippen LogP contribution in [0.25, 0.3) is 21.8 Å². The number of benzene rings is 2. The minimum Gasteiger partial charge on any atom is -0.595 e. The molecule has 1 heterocycles. The second kappa shape index (κ2) is 8.83. The van der Waals surface area contributed by atoms with Gasteiger partial charge in [-0.15, -0.1) is 0 Å². The third kappa shape index (κ3) is 4.30. The van der Waals surface area contributed by atoms with Crippen LogP contribution in [0, 0.1) is 5.21 Å². The summed E-state index contributed by atoms with van der Waals surface area (Å²) in [6, 6.07) is 10.5. The minimum absolute atomic E-state index is 0.154. The number of rotatable bonds is 9. The van der Waals surface area contributed by atoms with E-state index < -0.39 is 11.2 Å². The summed E-state index contributed by atoms with van der Waals surface area (Å²) < 4.78 is 5.32. The second-order valence-corrected chi connectivity index (χ2v) is 6.51. The van der Waals surface area contributed by atoms with Crippen LogP contribution in [-0.4, -0.2) is 34.9 Å². The van der Waals surface area contributed by atoms with Crippen molar-refractivity contribution in [3.05, 3.63) is 41.6 Å². The fraction of sp³-hybridized carbons (Fsp3) is 0.300. The number of quaternary nitrogens is 1. The Hall–Kier alpha value is -2.94. The molecular weight excluding hydrogens is 362 g/mol. The van der Waals surface area contributed by atoms with Gasteiger partial charge < -0.3 is 20.4 Å². The third-order valence-electron chi connectivity index (χ3n) is 4.61. The van der Waals surface area contributed by atoms with Crippen LogP contribution in [0.3, 0.4) is 0 Å². The molecule has 0 bridgehead atoms. The first kappa shape index (κ1) is 19.8. The lowest BCUT2D eigenvalue weighted by molar-refractivity contribution is -0.990. The van der Waals surface area contributed by atoms with E-state index >= 15 is 0 Å². The van der Waals surface area contributed by atoms with E-state index in [1.165, 1.54) is 0 Å². The number of fused-ring (bicyclic) bond motifs is 2. The maximum atomic E-state index is 11.8. The van der Waals surface area contributed by atoms with Crippen molar-refractivity contribution in [2.75, 3.05) is 19.0 Å². The quantitative estimate of drug-likeness (QED) is 0.254. The van der Waals surface area contributed by atoms with Crippen molar-refractivity contribution in [2.45, 2.75) is 25.7 Å². The normalized spacial score (nSPS) is 12.2. The number of ether oxygens (including phenoxy) is 1. The first-order valence-electron chi connectivity index (χ1n) is 9.10. The summed E-state index contributed by atoms with van der Waals surface area (Å²) in [6.45, 7) is 0.596. The number of nitrogens with zero attached hydrogens (tertiary/aromatic N) is 1. The summed E-state index contributed by atoms with van der Waals surface area (Å²) in [5.74, 6) is -0.136. The molecule has 28 heavy (non-hydrogen) atoms. The Morgan fingerprint density at radius 1 is 1.21 bits per heavy atom. The third-order valence-corrected chi connectivity index (χ3v) is 4.61. The van der Waals surface area contributed by atoms with Crippen molar-refractivity contribution in [3.63, 3.8) is 0 Å². The summed E-state index contributed by atoms with van der Waals surface area (Å²) in [4.78, 5) is 15.2. The van der Waals surface area contributed by atoms with Gasteiger partial charge in [-0.25, -0.2) is 10.2 Å². The van der Waals surface area contributed by atoms with Gasteiger partial charge in [0.15, 0.2) is 5.69 Å². The molecule has 148 valence electrons. The molecule has 8 heteroatoms. The lowest BCUT2D eigenvalue weighted by atomic mass is 10.1. The molecule has 3 rings (SSSR count). The molecule has 8 nitrogen and oxygen atoms in total. The second-order valence-electron chi connectivity index (χ2n) is 6.51. The highest BCUT2D eigenvalue weighted by Gasteiger charge is 2.17. The van der Waals surface area contributed by atoms with Crippen molar-refractivity contribution in [2.24, 2.45) is 0 Å². The Balaban J connectivity index is 2.00. The highest BCUT2D eigenvalue weighted by molar-refractivity contribution is 6.11. The molecule has 4 N–H and O–H groups in total. The van der Waals surface area contributed by atoms with Crippen molar-refractivity contribution < 1.29 is 25.1 Å². The standard InChI is InChI=1S/C20H23N3O5/c1-28-13-9-10-15-14(12-13)20(21-11-4-2-3-8-18(24)25)19-16(22-15)6-5-7-17(19)23(26)27/h5-7,9-10,12,23,26H,2-4,8,11H2,1H3,(H,21,22)(H,24,25). The van der Waals surface area contributed by atoms with E-state index in [2.05, 4.69) is 10.3 Å². The smallest absolute Gasteiger partial charge is 0.303 e. The fourth-order valence-corrected chi connectivity index (χ4v) is 3.25. The van der Waals surface area contributed by atoms with E-state index in [0.29, 0.717) is 35.3 Å². The first-order valence-corrected chi connectivity index (χ1v) is 9.10. The number of carbonyl (C=O) groups is 1. The first-order chi connectivity index (χ1) is 13.5. The molecule has 2 aromatic carbocycles. The average molecular weight is 385 g/mol. The molecule has 1 aromatic heterocycles. The molecule has 0 spiro atoms. The van der Waals surface area contributed by atoms with Gasteiger partial charge in [-0.3, -0.25) is 4.79 Å². The van der Waals surface area contributed by atoms with Gasteiger partial charge in [0.1, 0.15) is 5.75 Å². The number of aliphatic carboxylic acids is 1. The lowest BCUT2D eigenvalue weighted by Gasteiger charge is -2.18. The van der Waals surface area contributed by atoms with Crippen LogP contribution in [0.1, 0.15) is 25.7 Å². The summed E-state index contributed by atoms with van der Waals surface area (Å²) in [7, 11) is 1.58. The Labute approximate surface area is 161 Å². The molecule has 0 fully saturated rings. The number of hydrogen-bond donors (Lipinski definition) is 4. The van der Waals surface area contributed by atoms with Gasteiger partial charge in [0.05, 0.1) is 29.2 Å². The summed E-state index contributed by atoms with van der Waals surface area (Å²) in [5.41, 5.74) is 2.23. The summed E-state index contributed by atoms with van der Waals surface area (Å²) in [5, 5.41) is 33.8. The number of unbranched alkanes of at least 4 members (excludes halogenated alkanes) is 2. The molecule has 0 amide bonds. The number of anilines is 1. The number of hydrogen-bond acceptors (Lipinski definition) is 6. The predicted molar refractivity (Wildman–Crippen MR) is 106 cm³/mol. The van der Waals surface area contributed by atoms with Crippen molar-refractivity contribution in [1.82, 2.24) is 4.98 Å². The number of pyridine rings is 1. The van der Waals surface area contributed by atoms with E-state index in [4.69, 9.17) is 9.84 Å². The fourth-order valence-electron chi connectivity index (χ4n) is 3.25.